The molecular weight excluding hydrogens is 362 g/mol. The highest BCUT2D eigenvalue weighted by atomic mass is 19.1. The number of nitrogens with zero attached hydrogens (tertiary/aromatic N) is 2. The Balaban J connectivity index is 1.71. The van der Waals surface area contributed by atoms with Gasteiger partial charge >= 0.3 is 0 Å². The highest BCUT2D eigenvalue weighted by Crippen LogP contribution is 2.31. The Labute approximate surface area is 161 Å². The minimum Gasteiger partial charge on any atom is -0.319 e. The van der Waals surface area contributed by atoms with Gasteiger partial charge in [-0.05, 0) is 50.2 Å². The fraction of sp³-hybridized carbons (Fsp3) is 0.238. The van der Waals surface area contributed by atoms with Gasteiger partial charge in [0.1, 0.15) is 11.6 Å². The number of benzene rings is 2. The van der Waals surface area contributed by atoms with Crippen molar-refractivity contribution in [2.24, 2.45) is 0 Å². The number of nitrogens with one attached hydrogen (secondary N) is 2. The van der Waals surface area contributed by atoms with E-state index in [1.54, 1.807) is 4.68 Å². The first-order chi connectivity index (χ1) is 13.6. The van der Waals surface area contributed by atoms with Crippen LogP contribution < -0.4 is 10.6 Å². The standard InChI is InChI=1S/C21H20F2N4O/c22-15-6-7-19(18(23)12-15)26-21(28)17-13-25-27(16-4-2-1-3-5-16)20(17)14-8-10-24-11-9-14/h1-7,12-14,24H,8-11H2,(H,26,28). The van der Waals surface area contributed by atoms with Crippen LogP contribution >= 0.6 is 0 Å². The average Bonchev–Trinajstić information content (AvgIpc) is 3.17. The van der Waals surface area contributed by atoms with E-state index in [0.717, 1.165) is 49.4 Å². The first-order valence-electron chi connectivity index (χ1n) is 9.24. The summed E-state index contributed by atoms with van der Waals surface area (Å²) in [6.07, 6.45) is 3.27. The highest BCUT2D eigenvalue weighted by Gasteiger charge is 2.27. The van der Waals surface area contributed by atoms with Crippen LogP contribution in [0.5, 0.6) is 0 Å². The van der Waals surface area contributed by atoms with Crippen LogP contribution in [0.15, 0.2) is 54.7 Å². The molecule has 1 fully saturated rings. The lowest BCUT2D eigenvalue weighted by molar-refractivity contribution is 0.102. The molecule has 0 spiro atoms. The molecule has 28 heavy (non-hydrogen) atoms. The Morgan fingerprint density at radius 3 is 2.57 bits per heavy atom. The van der Waals surface area contributed by atoms with E-state index >= 15 is 0 Å². The SMILES string of the molecule is O=C(Nc1ccc(F)cc1F)c1cnn(-c2ccccc2)c1C1CCNCC1. The zero-order valence-electron chi connectivity index (χ0n) is 15.2. The third-order valence-corrected chi connectivity index (χ3v) is 4.96. The molecule has 7 heteroatoms. The average molecular weight is 382 g/mol. The van der Waals surface area contributed by atoms with E-state index in [1.807, 2.05) is 30.3 Å². The summed E-state index contributed by atoms with van der Waals surface area (Å²) in [6.45, 7) is 1.72. The molecule has 0 bridgehead atoms. The molecule has 0 radical (unpaired) electrons. The molecule has 144 valence electrons. The lowest BCUT2D eigenvalue weighted by Gasteiger charge is -2.24. The van der Waals surface area contributed by atoms with Gasteiger partial charge in [0.15, 0.2) is 0 Å². The van der Waals surface area contributed by atoms with Gasteiger partial charge in [0, 0.05) is 12.0 Å². The lowest BCUT2D eigenvalue weighted by atomic mass is 9.91. The summed E-state index contributed by atoms with van der Waals surface area (Å²) >= 11 is 0. The quantitative estimate of drug-likeness (QED) is 0.720. The van der Waals surface area contributed by atoms with Gasteiger partial charge in [-0.2, -0.15) is 5.10 Å². The normalized spacial score (nSPS) is 14.8. The largest absolute Gasteiger partial charge is 0.319 e. The minimum atomic E-state index is -0.813. The smallest absolute Gasteiger partial charge is 0.259 e. The van der Waals surface area contributed by atoms with Gasteiger partial charge in [0.2, 0.25) is 0 Å². The van der Waals surface area contributed by atoms with Crippen molar-refractivity contribution >= 4 is 11.6 Å². The van der Waals surface area contributed by atoms with E-state index in [1.165, 1.54) is 12.3 Å². The zero-order valence-corrected chi connectivity index (χ0v) is 15.2. The summed E-state index contributed by atoms with van der Waals surface area (Å²) in [7, 11) is 0. The Hall–Kier alpha value is -3.06. The van der Waals surface area contributed by atoms with Crippen LogP contribution in [0.3, 0.4) is 0 Å². The number of amides is 1. The molecule has 1 aliphatic heterocycles. The molecular formula is C21H20F2N4O. The molecule has 1 saturated heterocycles. The van der Waals surface area contributed by atoms with E-state index < -0.39 is 17.5 Å². The minimum absolute atomic E-state index is 0.0601. The fourth-order valence-corrected chi connectivity index (χ4v) is 3.58. The summed E-state index contributed by atoms with van der Waals surface area (Å²) in [6, 6.07) is 12.7. The number of hydrogen-bond donors (Lipinski definition) is 2. The van der Waals surface area contributed by atoms with Gasteiger partial charge in [0.05, 0.1) is 28.8 Å². The van der Waals surface area contributed by atoms with E-state index in [0.29, 0.717) is 5.56 Å². The molecule has 2 N–H and O–H groups in total. The predicted octanol–water partition coefficient (Wildman–Crippen LogP) is 3.87. The highest BCUT2D eigenvalue weighted by molar-refractivity contribution is 6.05. The molecule has 0 saturated carbocycles. The van der Waals surface area contributed by atoms with E-state index in [2.05, 4.69) is 15.7 Å². The number of rotatable bonds is 4. The number of carbonyl (C=O) groups excluding carboxylic acids is 1. The molecule has 1 aromatic heterocycles. The van der Waals surface area contributed by atoms with Crippen LogP contribution in [0.2, 0.25) is 0 Å². The number of carbonyl (C=O) groups is 1. The van der Waals surface area contributed by atoms with Crippen LogP contribution in [-0.2, 0) is 0 Å². The van der Waals surface area contributed by atoms with E-state index in [9.17, 15) is 13.6 Å². The number of anilines is 1. The Kier molecular flexibility index (Phi) is 5.16. The van der Waals surface area contributed by atoms with Crippen molar-refractivity contribution in [3.63, 3.8) is 0 Å². The summed E-state index contributed by atoms with van der Waals surface area (Å²) in [5, 5.41) is 10.3. The zero-order chi connectivity index (χ0) is 19.5. The second-order valence-corrected chi connectivity index (χ2v) is 6.79. The monoisotopic (exact) mass is 382 g/mol. The number of aromatic nitrogens is 2. The molecule has 3 aromatic rings. The van der Waals surface area contributed by atoms with Crippen LogP contribution in [0.25, 0.3) is 5.69 Å². The molecule has 0 atom stereocenters. The van der Waals surface area contributed by atoms with Crippen molar-refractivity contribution in [2.75, 3.05) is 18.4 Å². The van der Waals surface area contributed by atoms with Crippen LogP contribution in [-0.4, -0.2) is 28.8 Å². The van der Waals surface area contributed by atoms with Crippen LogP contribution in [0.1, 0.15) is 34.8 Å². The maximum Gasteiger partial charge on any atom is 0.259 e. The van der Waals surface area contributed by atoms with Gasteiger partial charge < -0.3 is 10.6 Å². The molecule has 1 amide bonds. The Morgan fingerprint density at radius 1 is 1.11 bits per heavy atom. The predicted molar refractivity (Wildman–Crippen MR) is 103 cm³/mol. The Morgan fingerprint density at radius 2 is 1.86 bits per heavy atom. The first kappa shape index (κ1) is 18.3. The van der Waals surface area contributed by atoms with E-state index in [4.69, 9.17) is 0 Å². The van der Waals surface area contributed by atoms with Gasteiger partial charge in [-0.15, -0.1) is 0 Å². The first-order valence-corrected chi connectivity index (χ1v) is 9.24. The fourth-order valence-electron chi connectivity index (χ4n) is 3.58. The molecule has 2 aromatic carbocycles. The molecule has 0 aliphatic carbocycles. The number of para-hydroxylation sites is 1. The van der Waals surface area contributed by atoms with Crippen LogP contribution in [0, 0.1) is 11.6 Å². The molecule has 4 rings (SSSR count). The van der Waals surface area contributed by atoms with Crippen molar-refractivity contribution in [3.05, 3.63) is 77.6 Å². The second-order valence-electron chi connectivity index (χ2n) is 6.79. The molecule has 1 aliphatic rings. The summed E-state index contributed by atoms with van der Waals surface area (Å²) in [5.41, 5.74) is 2.02. The molecule has 0 unspecified atom stereocenters. The van der Waals surface area contributed by atoms with Gasteiger partial charge in [-0.1, -0.05) is 18.2 Å². The summed E-state index contributed by atoms with van der Waals surface area (Å²) in [4.78, 5) is 12.9. The Bertz CT molecular complexity index is 981. The lowest BCUT2D eigenvalue weighted by Crippen LogP contribution is -2.29. The van der Waals surface area contributed by atoms with Gasteiger partial charge in [-0.25, -0.2) is 13.5 Å². The molecule has 5 nitrogen and oxygen atoms in total. The molecule has 2 heterocycles. The number of piperidine rings is 1. The van der Waals surface area contributed by atoms with Crippen LogP contribution in [0.4, 0.5) is 14.5 Å². The number of halogens is 2. The van der Waals surface area contributed by atoms with Crippen molar-refractivity contribution in [1.82, 2.24) is 15.1 Å². The van der Waals surface area contributed by atoms with Gasteiger partial charge in [-0.3, -0.25) is 4.79 Å². The van der Waals surface area contributed by atoms with Crippen molar-refractivity contribution in [3.8, 4) is 5.69 Å². The summed E-state index contributed by atoms with van der Waals surface area (Å²) in [5.74, 6) is -1.81. The topological polar surface area (TPSA) is 59.0 Å². The summed E-state index contributed by atoms with van der Waals surface area (Å²) < 4.78 is 28.9. The second kappa shape index (κ2) is 7.90. The van der Waals surface area contributed by atoms with Crippen molar-refractivity contribution in [1.29, 1.82) is 0 Å². The van der Waals surface area contributed by atoms with Crippen molar-refractivity contribution < 1.29 is 13.6 Å². The number of hydrogen-bond acceptors (Lipinski definition) is 3. The maximum atomic E-state index is 14.0. The maximum absolute atomic E-state index is 14.0. The third-order valence-electron chi connectivity index (χ3n) is 4.96. The third kappa shape index (κ3) is 3.66. The van der Waals surface area contributed by atoms with Crippen molar-refractivity contribution in [2.45, 2.75) is 18.8 Å². The van der Waals surface area contributed by atoms with Gasteiger partial charge in [0.25, 0.3) is 5.91 Å². The van der Waals surface area contributed by atoms with E-state index in [-0.39, 0.29) is 11.6 Å².